The van der Waals surface area contributed by atoms with Gasteiger partial charge in [0, 0.05) is 13.1 Å². The Morgan fingerprint density at radius 1 is 1.26 bits per heavy atom. The number of nitro groups is 1. The average molecular weight is 444 g/mol. The number of nitrogens with zero attached hydrogens (tertiary/aromatic N) is 4. The molecule has 1 heterocycles. The van der Waals surface area contributed by atoms with Crippen LogP contribution in [0.2, 0.25) is 0 Å². The molecule has 0 bridgehead atoms. The van der Waals surface area contributed by atoms with Gasteiger partial charge in [-0.2, -0.15) is 0 Å². The molecule has 0 fully saturated rings. The minimum Gasteiger partial charge on any atom is -0.444 e. The molecule has 2 N–H and O–H groups in total. The Morgan fingerprint density at radius 2 is 1.87 bits per heavy atom. The zero-order valence-corrected chi connectivity index (χ0v) is 19.0. The number of rotatable bonds is 9. The Kier molecular flexibility index (Phi) is 9.22. The molecule has 1 aromatic rings. The van der Waals surface area contributed by atoms with Gasteiger partial charge in [-0.25, -0.2) is 14.2 Å². The number of aliphatic hydroxyl groups is 1. The van der Waals surface area contributed by atoms with Crippen molar-refractivity contribution in [1.29, 1.82) is 0 Å². The molecule has 176 valence electrons. The summed E-state index contributed by atoms with van der Waals surface area (Å²) in [5, 5.41) is 24.0. The summed E-state index contributed by atoms with van der Waals surface area (Å²) >= 11 is 0. The van der Waals surface area contributed by atoms with Crippen LogP contribution in [-0.4, -0.2) is 73.6 Å². The van der Waals surface area contributed by atoms with Gasteiger partial charge in [0.25, 0.3) is 0 Å². The normalized spacial score (nSPS) is 12.7. The summed E-state index contributed by atoms with van der Waals surface area (Å²) in [4.78, 5) is 39.5. The molecule has 0 aliphatic carbocycles. The third-order valence-corrected chi connectivity index (χ3v) is 3.62. The third-order valence-electron chi connectivity index (χ3n) is 3.62. The molecule has 1 rings (SSSR count). The molecule has 0 aromatic carbocycles. The first kappa shape index (κ1) is 26.1. The van der Waals surface area contributed by atoms with Gasteiger partial charge in [0.1, 0.15) is 29.7 Å². The summed E-state index contributed by atoms with van der Waals surface area (Å²) in [6.45, 7) is 10.6. The largest absolute Gasteiger partial charge is 0.444 e. The molecule has 1 aromatic heterocycles. The van der Waals surface area contributed by atoms with Gasteiger partial charge in [-0.1, -0.05) is 4.98 Å². The molecule has 0 saturated carbocycles. The molecule has 0 spiro atoms. The van der Waals surface area contributed by atoms with E-state index in [0.29, 0.717) is 6.42 Å². The Labute approximate surface area is 181 Å². The molecule has 0 aliphatic rings. The fraction of sp³-hybridized carbons (Fsp3) is 0.737. The van der Waals surface area contributed by atoms with Gasteiger partial charge >= 0.3 is 18.1 Å². The standard InChI is InChI=1S/C19H33N5O7/c1-18(2,3)30-16(26)21-8-7-10-23(17(27)31-19(4,5)6)13-14(25)12-22-11-9-20-15(22)24(28)29/h9,11,14,25H,7-8,10,12-13H2,1-6H3,(H,21,26). The van der Waals surface area contributed by atoms with E-state index in [1.165, 1.54) is 21.9 Å². The fourth-order valence-corrected chi connectivity index (χ4v) is 2.51. The topological polar surface area (TPSA) is 149 Å². The highest BCUT2D eigenvalue weighted by Crippen LogP contribution is 2.13. The number of aromatic nitrogens is 2. The van der Waals surface area contributed by atoms with Crippen molar-refractivity contribution in [2.24, 2.45) is 0 Å². The number of alkyl carbamates (subject to hydrolysis) is 1. The van der Waals surface area contributed by atoms with Gasteiger partial charge in [0.2, 0.25) is 0 Å². The second-order valence-electron chi connectivity index (χ2n) is 9.00. The number of hydrogen-bond donors (Lipinski definition) is 2. The molecule has 12 nitrogen and oxygen atoms in total. The van der Waals surface area contributed by atoms with Crippen LogP contribution in [0.3, 0.4) is 0 Å². The molecule has 2 amide bonds. The van der Waals surface area contributed by atoms with Crippen molar-refractivity contribution in [3.05, 3.63) is 22.5 Å². The zero-order chi connectivity index (χ0) is 23.8. The maximum atomic E-state index is 12.5. The maximum absolute atomic E-state index is 12.5. The number of carbonyl (C=O) groups excluding carboxylic acids is 2. The van der Waals surface area contributed by atoms with Gasteiger partial charge in [-0.15, -0.1) is 0 Å². The summed E-state index contributed by atoms with van der Waals surface area (Å²) < 4.78 is 11.7. The first-order valence-electron chi connectivity index (χ1n) is 9.96. The van der Waals surface area contributed by atoms with Crippen molar-refractivity contribution in [1.82, 2.24) is 19.8 Å². The molecular weight excluding hydrogens is 410 g/mol. The van der Waals surface area contributed by atoms with Crippen LogP contribution < -0.4 is 5.32 Å². The second-order valence-corrected chi connectivity index (χ2v) is 9.00. The van der Waals surface area contributed by atoms with E-state index in [4.69, 9.17) is 9.47 Å². The van der Waals surface area contributed by atoms with Crippen LogP contribution in [0.25, 0.3) is 0 Å². The van der Waals surface area contributed by atoms with E-state index in [-0.39, 0.29) is 26.2 Å². The highest BCUT2D eigenvalue weighted by atomic mass is 16.6. The summed E-state index contributed by atoms with van der Waals surface area (Å²) in [7, 11) is 0. The SMILES string of the molecule is CC(C)(C)OC(=O)NCCCN(CC(O)Cn1ccnc1[N+](=O)[O-])C(=O)OC(C)(C)C. The van der Waals surface area contributed by atoms with Crippen molar-refractivity contribution in [3.63, 3.8) is 0 Å². The molecule has 1 unspecified atom stereocenters. The summed E-state index contributed by atoms with van der Waals surface area (Å²) in [6, 6.07) is 0. The van der Waals surface area contributed by atoms with Crippen LogP contribution in [0.4, 0.5) is 15.5 Å². The lowest BCUT2D eigenvalue weighted by atomic mass is 10.2. The molecule has 0 saturated heterocycles. The van der Waals surface area contributed by atoms with Crippen molar-refractivity contribution in [3.8, 4) is 0 Å². The highest BCUT2D eigenvalue weighted by Gasteiger charge is 2.26. The van der Waals surface area contributed by atoms with Gasteiger partial charge in [-0.3, -0.25) is 0 Å². The quantitative estimate of drug-likeness (QED) is 0.335. The van der Waals surface area contributed by atoms with E-state index in [0.717, 1.165) is 0 Å². The van der Waals surface area contributed by atoms with E-state index >= 15 is 0 Å². The van der Waals surface area contributed by atoms with E-state index in [1.807, 2.05) is 0 Å². The molecule has 31 heavy (non-hydrogen) atoms. The second kappa shape index (κ2) is 10.9. The van der Waals surface area contributed by atoms with Crippen molar-refractivity contribution < 1.29 is 29.1 Å². The zero-order valence-electron chi connectivity index (χ0n) is 19.0. The predicted molar refractivity (Wildman–Crippen MR) is 112 cm³/mol. The van der Waals surface area contributed by atoms with Crippen LogP contribution in [-0.2, 0) is 16.0 Å². The lowest BCUT2D eigenvalue weighted by molar-refractivity contribution is -0.397. The van der Waals surface area contributed by atoms with E-state index < -0.39 is 40.4 Å². The first-order chi connectivity index (χ1) is 14.2. The van der Waals surface area contributed by atoms with Crippen LogP contribution >= 0.6 is 0 Å². The third kappa shape index (κ3) is 10.6. The Balaban J connectivity index is 2.69. The Morgan fingerprint density at radius 3 is 2.42 bits per heavy atom. The van der Waals surface area contributed by atoms with Crippen molar-refractivity contribution >= 4 is 18.1 Å². The molecule has 0 radical (unpaired) electrons. The lowest BCUT2D eigenvalue weighted by Gasteiger charge is -2.29. The number of aliphatic hydroxyl groups excluding tert-OH is 1. The summed E-state index contributed by atoms with van der Waals surface area (Å²) in [6.07, 6.45) is 0.728. The van der Waals surface area contributed by atoms with E-state index in [9.17, 15) is 24.8 Å². The number of ether oxygens (including phenoxy) is 2. The van der Waals surface area contributed by atoms with Gasteiger partial charge in [0.05, 0.1) is 13.1 Å². The van der Waals surface area contributed by atoms with Gasteiger partial charge in [0.15, 0.2) is 0 Å². The highest BCUT2D eigenvalue weighted by molar-refractivity contribution is 5.68. The first-order valence-corrected chi connectivity index (χ1v) is 9.96. The molecular formula is C19H33N5O7. The number of amides is 2. The molecule has 1 atom stereocenters. The van der Waals surface area contributed by atoms with Crippen molar-refractivity contribution in [2.45, 2.75) is 71.8 Å². The average Bonchev–Trinajstić information content (AvgIpc) is 3.02. The van der Waals surface area contributed by atoms with Crippen LogP contribution in [0, 0.1) is 10.1 Å². The smallest absolute Gasteiger partial charge is 0.434 e. The number of carbonyl (C=O) groups is 2. The van der Waals surface area contributed by atoms with E-state index in [1.54, 1.807) is 41.5 Å². The summed E-state index contributed by atoms with van der Waals surface area (Å²) in [5.74, 6) is -0.399. The Bertz CT molecular complexity index is 752. The molecule has 12 heteroatoms. The van der Waals surface area contributed by atoms with Crippen LogP contribution in [0.1, 0.15) is 48.0 Å². The molecule has 0 aliphatic heterocycles. The van der Waals surface area contributed by atoms with Gasteiger partial charge < -0.3 is 34.9 Å². The van der Waals surface area contributed by atoms with Crippen LogP contribution in [0.15, 0.2) is 12.4 Å². The fourth-order valence-electron chi connectivity index (χ4n) is 2.51. The van der Waals surface area contributed by atoms with E-state index in [2.05, 4.69) is 10.3 Å². The minimum atomic E-state index is -1.10. The monoisotopic (exact) mass is 443 g/mol. The number of hydrogen-bond acceptors (Lipinski definition) is 8. The lowest BCUT2D eigenvalue weighted by Crippen LogP contribution is -2.43. The predicted octanol–water partition coefficient (Wildman–Crippen LogP) is 2.30. The number of nitrogens with one attached hydrogen (secondary N) is 1. The number of imidazole rings is 1. The van der Waals surface area contributed by atoms with Crippen molar-refractivity contribution in [2.75, 3.05) is 19.6 Å². The minimum absolute atomic E-state index is 0.114. The Hall–Kier alpha value is -2.89. The maximum Gasteiger partial charge on any atom is 0.434 e. The van der Waals surface area contributed by atoms with Gasteiger partial charge in [-0.05, 0) is 52.9 Å². The summed E-state index contributed by atoms with van der Waals surface area (Å²) in [5.41, 5.74) is -1.36. The van der Waals surface area contributed by atoms with Crippen LogP contribution in [0.5, 0.6) is 0 Å².